The number of aromatic nitrogens is 1. The van der Waals surface area contributed by atoms with Crippen LogP contribution < -0.4 is 10.5 Å². The number of aryl methyl sites for hydroxylation is 1. The maximum absolute atomic E-state index is 12.5. The molecule has 4 rings (SSSR count). The summed E-state index contributed by atoms with van der Waals surface area (Å²) in [6.45, 7) is 4.24. The van der Waals surface area contributed by atoms with Crippen molar-refractivity contribution in [3.05, 3.63) is 83.7 Å². The Morgan fingerprint density at radius 2 is 1.87 bits per heavy atom. The molecule has 5 nitrogen and oxygen atoms in total. The van der Waals surface area contributed by atoms with Crippen molar-refractivity contribution in [2.45, 2.75) is 26.3 Å². The van der Waals surface area contributed by atoms with Crippen molar-refractivity contribution in [3.8, 4) is 16.9 Å². The van der Waals surface area contributed by atoms with E-state index in [1.54, 1.807) is 7.11 Å². The van der Waals surface area contributed by atoms with Crippen LogP contribution in [-0.2, 0) is 17.8 Å². The summed E-state index contributed by atoms with van der Waals surface area (Å²) in [5, 5.41) is 0. The molecule has 5 heteroatoms. The molecule has 1 amide bonds. The molecule has 0 radical (unpaired) electrons. The van der Waals surface area contributed by atoms with E-state index in [0.29, 0.717) is 13.0 Å². The molecule has 0 spiro atoms. The van der Waals surface area contributed by atoms with E-state index in [1.165, 1.54) is 0 Å². The van der Waals surface area contributed by atoms with Crippen molar-refractivity contribution in [3.63, 3.8) is 0 Å². The van der Waals surface area contributed by atoms with Gasteiger partial charge in [0.25, 0.3) is 0 Å². The number of amides is 1. The van der Waals surface area contributed by atoms with E-state index in [2.05, 4.69) is 34.1 Å². The van der Waals surface area contributed by atoms with Gasteiger partial charge in [-0.2, -0.15) is 0 Å². The van der Waals surface area contributed by atoms with Crippen LogP contribution >= 0.6 is 0 Å². The molecular formula is C26H29N3O2. The van der Waals surface area contributed by atoms with Crippen LogP contribution in [0, 0.1) is 12.3 Å². The molecule has 160 valence electrons. The van der Waals surface area contributed by atoms with E-state index in [9.17, 15) is 4.79 Å². The van der Waals surface area contributed by atoms with Crippen molar-refractivity contribution in [1.82, 2.24) is 9.88 Å². The second kappa shape index (κ2) is 8.90. The van der Waals surface area contributed by atoms with Crippen molar-refractivity contribution in [2.75, 3.05) is 20.2 Å². The average Bonchev–Trinajstić information content (AvgIpc) is 3.18. The van der Waals surface area contributed by atoms with Crippen molar-refractivity contribution >= 4 is 5.91 Å². The predicted octanol–water partition coefficient (Wildman–Crippen LogP) is 3.99. The number of ether oxygens (including phenoxy) is 1. The molecule has 0 unspecified atom stereocenters. The number of nitrogens with two attached hydrogens (primary N) is 1. The molecule has 2 aromatic carbocycles. The van der Waals surface area contributed by atoms with Crippen LogP contribution in [-0.4, -0.2) is 36.0 Å². The first kappa shape index (κ1) is 21.1. The zero-order valence-corrected chi connectivity index (χ0v) is 18.2. The van der Waals surface area contributed by atoms with Gasteiger partial charge in [0.1, 0.15) is 5.75 Å². The van der Waals surface area contributed by atoms with Crippen molar-refractivity contribution < 1.29 is 9.53 Å². The van der Waals surface area contributed by atoms with Gasteiger partial charge in [0, 0.05) is 24.3 Å². The first-order chi connectivity index (χ1) is 15.0. The molecule has 0 bridgehead atoms. The molecule has 1 aliphatic heterocycles. The lowest BCUT2D eigenvalue weighted by molar-refractivity contribution is -0.127. The van der Waals surface area contributed by atoms with E-state index in [4.69, 9.17) is 10.5 Å². The van der Waals surface area contributed by atoms with Gasteiger partial charge in [0.2, 0.25) is 5.91 Å². The highest BCUT2D eigenvalue weighted by Gasteiger charge is 2.43. The molecule has 1 aromatic heterocycles. The van der Waals surface area contributed by atoms with Crippen LogP contribution in [0.15, 0.2) is 66.7 Å². The third-order valence-corrected chi connectivity index (χ3v) is 6.20. The number of likely N-dealkylation sites (tertiary alicyclic amines) is 1. The Bertz CT molecular complexity index is 1060. The normalized spacial score (nSPS) is 18.8. The summed E-state index contributed by atoms with van der Waals surface area (Å²) in [4.78, 5) is 19.4. The van der Waals surface area contributed by atoms with E-state index >= 15 is 0 Å². The van der Waals surface area contributed by atoms with Crippen LogP contribution in [0.3, 0.4) is 0 Å². The third-order valence-electron chi connectivity index (χ3n) is 6.20. The molecule has 0 saturated carbocycles. The number of para-hydroxylation sites is 1. The van der Waals surface area contributed by atoms with Crippen LogP contribution in [0.5, 0.6) is 5.75 Å². The number of methoxy groups -OCH3 is 1. The quantitative estimate of drug-likeness (QED) is 0.634. The molecule has 1 aliphatic rings. The second-order valence-electron chi connectivity index (χ2n) is 8.45. The zero-order chi connectivity index (χ0) is 21.8. The summed E-state index contributed by atoms with van der Waals surface area (Å²) < 4.78 is 5.48. The smallest absolute Gasteiger partial charge is 0.225 e. The minimum Gasteiger partial charge on any atom is -0.496 e. The van der Waals surface area contributed by atoms with Gasteiger partial charge in [-0.3, -0.25) is 14.7 Å². The van der Waals surface area contributed by atoms with E-state index in [-0.39, 0.29) is 5.91 Å². The highest BCUT2D eigenvalue weighted by Crippen LogP contribution is 2.36. The fourth-order valence-electron chi connectivity index (χ4n) is 4.52. The monoisotopic (exact) mass is 415 g/mol. The Balaban J connectivity index is 1.49. The van der Waals surface area contributed by atoms with Crippen molar-refractivity contribution in [1.29, 1.82) is 0 Å². The van der Waals surface area contributed by atoms with E-state index < -0.39 is 5.41 Å². The number of carbonyl (C=O) groups is 1. The SMILES string of the molecule is COc1ccccc1-c1ccc(C[C@@]2(C(N)=O)CCN(Cc3cccc(C)n3)C2)cc1. The number of nitrogens with zero attached hydrogens (tertiary/aromatic N) is 2. The maximum atomic E-state index is 12.5. The Morgan fingerprint density at radius 3 is 2.58 bits per heavy atom. The zero-order valence-electron chi connectivity index (χ0n) is 18.2. The minimum atomic E-state index is -0.546. The number of hydrogen-bond acceptors (Lipinski definition) is 4. The Hall–Kier alpha value is -3.18. The van der Waals surface area contributed by atoms with Gasteiger partial charge in [-0.15, -0.1) is 0 Å². The molecule has 1 atom stereocenters. The van der Waals surface area contributed by atoms with Gasteiger partial charge >= 0.3 is 0 Å². The summed E-state index contributed by atoms with van der Waals surface area (Å²) >= 11 is 0. The summed E-state index contributed by atoms with van der Waals surface area (Å²) in [7, 11) is 1.68. The molecule has 3 aromatic rings. The lowest BCUT2D eigenvalue weighted by Crippen LogP contribution is -2.41. The van der Waals surface area contributed by atoms with Gasteiger partial charge in [-0.25, -0.2) is 0 Å². The number of benzene rings is 2. The Labute approximate surface area is 183 Å². The fourth-order valence-corrected chi connectivity index (χ4v) is 4.52. The Kier molecular flexibility index (Phi) is 6.05. The van der Waals surface area contributed by atoms with Gasteiger partial charge in [0.05, 0.1) is 18.2 Å². The molecular weight excluding hydrogens is 386 g/mol. The molecule has 1 fully saturated rings. The molecule has 31 heavy (non-hydrogen) atoms. The standard InChI is InChI=1S/C26H29N3O2/c1-19-6-5-7-22(28-19)17-29-15-14-26(18-29,25(27)30)16-20-10-12-21(13-11-20)23-8-3-4-9-24(23)31-2/h3-13H,14-18H2,1-2H3,(H2,27,30)/t26-/m0/s1. The highest BCUT2D eigenvalue weighted by atomic mass is 16.5. The van der Waals surface area contributed by atoms with Crippen LogP contribution in [0.1, 0.15) is 23.4 Å². The van der Waals surface area contributed by atoms with Crippen molar-refractivity contribution in [2.24, 2.45) is 11.1 Å². The lowest BCUT2D eigenvalue weighted by Gasteiger charge is -2.26. The van der Waals surface area contributed by atoms with E-state index in [0.717, 1.165) is 53.3 Å². The van der Waals surface area contributed by atoms with Gasteiger partial charge in [0.15, 0.2) is 0 Å². The molecule has 1 saturated heterocycles. The number of primary amides is 1. The first-order valence-corrected chi connectivity index (χ1v) is 10.7. The maximum Gasteiger partial charge on any atom is 0.225 e. The second-order valence-corrected chi connectivity index (χ2v) is 8.45. The summed E-state index contributed by atoms with van der Waals surface area (Å²) in [6, 6.07) is 22.4. The average molecular weight is 416 g/mol. The third kappa shape index (κ3) is 4.62. The van der Waals surface area contributed by atoms with Gasteiger partial charge < -0.3 is 10.5 Å². The fraction of sp³-hybridized carbons (Fsp3) is 0.308. The van der Waals surface area contributed by atoms with Crippen LogP contribution in [0.25, 0.3) is 11.1 Å². The number of hydrogen-bond donors (Lipinski definition) is 1. The van der Waals surface area contributed by atoms with Crippen LogP contribution in [0.2, 0.25) is 0 Å². The summed E-state index contributed by atoms with van der Waals surface area (Å²) in [5.41, 5.74) is 10.7. The minimum absolute atomic E-state index is 0.221. The summed E-state index contributed by atoms with van der Waals surface area (Å²) in [5.74, 6) is 0.626. The molecule has 2 N–H and O–H groups in total. The first-order valence-electron chi connectivity index (χ1n) is 10.7. The number of pyridine rings is 1. The largest absolute Gasteiger partial charge is 0.496 e. The summed E-state index contributed by atoms with van der Waals surface area (Å²) in [6.07, 6.45) is 1.41. The van der Waals surface area contributed by atoms with Gasteiger partial charge in [-0.1, -0.05) is 48.5 Å². The number of carbonyl (C=O) groups excluding carboxylic acids is 1. The number of rotatable bonds is 7. The van der Waals surface area contributed by atoms with Crippen LogP contribution in [0.4, 0.5) is 0 Å². The van der Waals surface area contributed by atoms with E-state index in [1.807, 2.05) is 49.4 Å². The predicted molar refractivity (Wildman–Crippen MR) is 123 cm³/mol. The Morgan fingerprint density at radius 1 is 1.10 bits per heavy atom. The molecule has 0 aliphatic carbocycles. The lowest BCUT2D eigenvalue weighted by atomic mass is 9.80. The topological polar surface area (TPSA) is 68.5 Å². The highest BCUT2D eigenvalue weighted by molar-refractivity contribution is 5.82. The van der Waals surface area contributed by atoms with Gasteiger partial charge in [-0.05, 0) is 55.6 Å². The molecule has 2 heterocycles.